The molecule has 0 fully saturated rings. The highest BCUT2D eigenvalue weighted by molar-refractivity contribution is 9.10. The van der Waals surface area contributed by atoms with Crippen LogP contribution in [0, 0.1) is 10.1 Å². The van der Waals surface area contributed by atoms with Crippen LogP contribution in [0.3, 0.4) is 0 Å². The molecule has 0 aliphatic carbocycles. The Labute approximate surface area is 156 Å². The van der Waals surface area contributed by atoms with E-state index >= 15 is 0 Å². The molecule has 0 bridgehead atoms. The van der Waals surface area contributed by atoms with E-state index in [1.807, 2.05) is 12.1 Å². The molecule has 26 heavy (non-hydrogen) atoms. The molecule has 3 rings (SSSR count). The molecule has 1 heterocycles. The number of nitro benzene ring substituents is 1. The summed E-state index contributed by atoms with van der Waals surface area (Å²) in [4.78, 5) is 18.6. The van der Waals surface area contributed by atoms with Crippen LogP contribution in [0.25, 0.3) is 12.2 Å². The van der Waals surface area contributed by atoms with Gasteiger partial charge in [-0.25, -0.2) is 4.98 Å². The highest BCUT2D eigenvalue weighted by atomic mass is 79.9. The molecule has 1 N–H and O–H groups in total. The number of hydrogen-bond acceptors (Lipinski definition) is 6. The summed E-state index contributed by atoms with van der Waals surface area (Å²) >= 11 is 3.34. The molecule has 7 nitrogen and oxygen atoms in total. The van der Waals surface area contributed by atoms with Crippen molar-refractivity contribution in [1.29, 1.82) is 0 Å². The van der Waals surface area contributed by atoms with Crippen molar-refractivity contribution < 1.29 is 14.4 Å². The number of hydrogen-bond donors (Lipinski definition) is 1. The number of oxazole rings is 1. The first-order valence-corrected chi connectivity index (χ1v) is 8.22. The van der Waals surface area contributed by atoms with Crippen molar-refractivity contribution in [2.45, 2.75) is 0 Å². The summed E-state index contributed by atoms with van der Waals surface area (Å²) in [6.07, 6.45) is 4.51. The highest BCUT2D eigenvalue weighted by Crippen LogP contribution is 2.21. The fourth-order valence-electron chi connectivity index (χ4n) is 2.07. The molecule has 0 amide bonds. The Balaban J connectivity index is 1.76. The van der Waals surface area contributed by atoms with Crippen molar-refractivity contribution in [2.75, 3.05) is 0 Å². The fourth-order valence-corrected chi connectivity index (χ4v) is 2.33. The molecule has 0 spiro atoms. The largest absolute Gasteiger partial charge is 0.479 e. The minimum atomic E-state index is -0.467. The summed E-state index contributed by atoms with van der Waals surface area (Å²) in [7, 11) is 0. The lowest BCUT2D eigenvalue weighted by molar-refractivity contribution is -0.384. The molecule has 1 aromatic heterocycles. The average molecular weight is 414 g/mol. The van der Waals surface area contributed by atoms with Gasteiger partial charge in [0.2, 0.25) is 5.89 Å². The van der Waals surface area contributed by atoms with E-state index in [1.165, 1.54) is 24.4 Å². The normalized spacial score (nSPS) is 11.4. The molecule has 0 saturated carbocycles. The molecule has 2 aromatic carbocycles. The predicted octanol–water partition coefficient (Wildman–Crippen LogP) is 4.97. The van der Waals surface area contributed by atoms with Crippen LogP contribution in [0.2, 0.25) is 0 Å². The molecule has 130 valence electrons. The third kappa shape index (κ3) is 4.42. The second-order valence-electron chi connectivity index (χ2n) is 5.16. The Kier molecular flexibility index (Phi) is 5.23. The van der Waals surface area contributed by atoms with Gasteiger partial charge in [0.05, 0.1) is 16.8 Å². The average Bonchev–Trinajstić information content (AvgIpc) is 2.99. The molecular formula is C18H12BrN3O4. The first kappa shape index (κ1) is 17.6. The molecule has 0 aliphatic rings. The van der Waals surface area contributed by atoms with Crippen molar-refractivity contribution in [2.24, 2.45) is 4.99 Å². The summed E-state index contributed by atoms with van der Waals surface area (Å²) in [5.41, 5.74) is 1.49. The van der Waals surface area contributed by atoms with Gasteiger partial charge in [0.15, 0.2) is 5.69 Å². The second-order valence-corrected chi connectivity index (χ2v) is 6.08. The molecule has 0 aliphatic heterocycles. The van der Waals surface area contributed by atoms with Crippen molar-refractivity contribution in [3.8, 4) is 5.95 Å². The molecule has 0 atom stereocenters. The lowest BCUT2D eigenvalue weighted by Crippen LogP contribution is -1.87. The second kappa shape index (κ2) is 7.75. The Bertz CT molecular complexity index is 994. The van der Waals surface area contributed by atoms with Crippen molar-refractivity contribution >= 4 is 45.7 Å². The first-order chi connectivity index (χ1) is 12.5. The van der Waals surface area contributed by atoms with E-state index in [2.05, 4.69) is 25.9 Å². The zero-order valence-corrected chi connectivity index (χ0v) is 14.8. The lowest BCUT2D eigenvalue weighted by atomic mass is 10.2. The smallest absolute Gasteiger partial charge is 0.312 e. The number of benzene rings is 2. The quantitative estimate of drug-likeness (QED) is 0.361. The van der Waals surface area contributed by atoms with E-state index in [0.29, 0.717) is 11.3 Å². The Hall–Kier alpha value is -3.26. The van der Waals surface area contributed by atoms with E-state index in [0.717, 1.165) is 4.47 Å². The predicted molar refractivity (Wildman–Crippen MR) is 102 cm³/mol. The zero-order valence-electron chi connectivity index (χ0n) is 13.2. The Morgan fingerprint density at radius 1 is 1.19 bits per heavy atom. The van der Waals surface area contributed by atoms with Gasteiger partial charge in [-0.1, -0.05) is 28.1 Å². The first-order valence-electron chi connectivity index (χ1n) is 7.43. The molecule has 0 unspecified atom stereocenters. The number of halogens is 1. The minimum absolute atomic E-state index is 0.00952. The van der Waals surface area contributed by atoms with E-state index in [4.69, 9.17) is 4.42 Å². The summed E-state index contributed by atoms with van der Waals surface area (Å²) < 4.78 is 6.09. The van der Waals surface area contributed by atoms with Crippen LogP contribution in [0.15, 0.2) is 62.4 Å². The van der Waals surface area contributed by atoms with Gasteiger partial charge in [-0.2, -0.15) is 0 Å². The van der Waals surface area contributed by atoms with Crippen LogP contribution in [0.1, 0.15) is 17.1 Å². The third-order valence-electron chi connectivity index (χ3n) is 3.31. The van der Waals surface area contributed by atoms with Crippen LogP contribution in [-0.4, -0.2) is 21.2 Å². The van der Waals surface area contributed by atoms with Gasteiger partial charge in [0.25, 0.3) is 5.69 Å². The van der Waals surface area contributed by atoms with Gasteiger partial charge < -0.3 is 9.52 Å². The maximum atomic E-state index is 10.8. The van der Waals surface area contributed by atoms with Crippen molar-refractivity contribution in [3.05, 3.63) is 80.3 Å². The van der Waals surface area contributed by atoms with Gasteiger partial charge in [-0.05, 0) is 35.9 Å². The van der Waals surface area contributed by atoms with E-state index in [9.17, 15) is 15.2 Å². The van der Waals surface area contributed by atoms with Crippen molar-refractivity contribution in [3.63, 3.8) is 0 Å². The van der Waals surface area contributed by atoms with Crippen LogP contribution in [0.5, 0.6) is 5.95 Å². The van der Waals surface area contributed by atoms with Gasteiger partial charge in [-0.15, -0.1) is 0 Å². The summed E-state index contributed by atoms with van der Waals surface area (Å²) in [5.74, 6) is -0.198. The SMILES string of the molecule is O=[N+]([O-])c1cccc(C=Cc2nc(C=Nc3ccc(Br)cc3)c(O)o2)c1. The van der Waals surface area contributed by atoms with E-state index < -0.39 is 4.92 Å². The molecule has 3 aromatic rings. The van der Waals surface area contributed by atoms with Crippen LogP contribution in [0.4, 0.5) is 11.4 Å². The van der Waals surface area contributed by atoms with Crippen LogP contribution in [-0.2, 0) is 0 Å². The van der Waals surface area contributed by atoms with Gasteiger partial charge >= 0.3 is 5.95 Å². The summed E-state index contributed by atoms with van der Waals surface area (Å²) in [6, 6.07) is 13.4. The maximum absolute atomic E-state index is 10.8. The molecule has 0 saturated heterocycles. The van der Waals surface area contributed by atoms with Gasteiger partial charge in [0.1, 0.15) is 0 Å². The Morgan fingerprint density at radius 3 is 2.69 bits per heavy atom. The van der Waals surface area contributed by atoms with E-state index in [1.54, 1.807) is 30.3 Å². The highest BCUT2D eigenvalue weighted by Gasteiger charge is 2.09. The zero-order chi connectivity index (χ0) is 18.5. The number of aliphatic imine (C=N–C) groups is 1. The number of nitro groups is 1. The topological polar surface area (TPSA) is 102 Å². The molecular weight excluding hydrogens is 402 g/mol. The lowest BCUT2D eigenvalue weighted by Gasteiger charge is -1.93. The summed E-state index contributed by atoms with van der Waals surface area (Å²) in [5, 5.41) is 20.6. The monoisotopic (exact) mass is 413 g/mol. The number of non-ortho nitro benzene ring substituents is 1. The van der Waals surface area contributed by atoms with Crippen molar-refractivity contribution in [1.82, 2.24) is 4.98 Å². The third-order valence-corrected chi connectivity index (χ3v) is 3.84. The number of rotatable bonds is 5. The number of nitrogens with zero attached hydrogens (tertiary/aromatic N) is 3. The van der Waals surface area contributed by atoms with E-state index in [-0.39, 0.29) is 23.2 Å². The number of aromatic hydroxyl groups is 1. The molecule has 8 heteroatoms. The minimum Gasteiger partial charge on any atom is -0.479 e. The maximum Gasteiger partial charge on any atom is 0.312 e. The Morgan fingerprint density at radius 2 is 1.96 bits per heavy atom. The standard InChI is InChI=1S/C18H12BrN3O4/c19-13-5-7-14(8-6-13)20-11-16-18(23)26-17(21-16)9-4-12-2-1-3-15(10-12)22(24)25/h1-11,23H. The molecule has 0 radical (unpaired) electrons. The van der Waals surface area contributed by atoms with Crippen LogP contribution >= 0.6 is 15.9 Å². The van der Waals surface area contributed by atoms with Crippen LogP contribution < -0.4 is 0 Å². The van der Waals surface area contributed by atoms with Gasteiger partial charge in [0, 0.05) is 22.7 Å². The van der Waals surface area contributed by atoms with Gasteiger partial charge in [-0.3, -0.25) is 15.1 Å². The number of aromatic nitrogens is 1. The summed E-state index contributed by atoms with van der Waals surface area (Å²) in [6.45, 7) is 0. The fraction of sp³-hybridized carbons (Fsp3) is 0.